The number of fused-ring (bicyclic) bond motifs is 1. The van der Waals surface area contributed by atoms with E-state index in [9.17, 15) is 31.4 Å². The highest BCUT2D eigenvalue weighted by molar-refractivity contribution is 5.55. The molecule has 2 aromatic carbocycles. The standard InChI is InChI=1S/C19H17F6NO/c20-18(21,22)17(27,19(23,24)25)15-9-7-13(8-10-15)12-26-11-3-5-14-4-1-2-6-16(14)26/h1-2,4,6-10,27H,3,5,11-12H2. The van der Waals surface area contributed by atoms with Gasteiger partial charge in [0, 0.05) is 24.3 Å². The van der Waals surface area contributed by atoms with E-state index in [0.717, 1.165) is 30.6 Å². The Balaban J connectivity index is 1.86. The van der Waals surface area contributed by atoms with Crippen LogP contribution in [0.5, 0.6) is 0 Å². The molecule has 2 aromatic rings. The summed E-state index contributed by atoms with van der Waals surface area (Å²) in [5.41, 5.74) is -3.41. The molecule has 2 nitrogen and oxygen atoms in total. The molecule has 0 aliphatic carbocycles. The molecule has 1 aliphatic rings. The summed E-state index contributed by atoms with van der Waals surface area (Å²) in [6.07, 6.45) is -9.91. The van der Waals surface area contributed by atoms with E-state index in [2.05, 4.69) is 0 Å². The van der Waals surface area contributed by atoms with Crippen LogP contribution in [0, 0.1) is 0 Å². The average Bonchev–Trinajstić information content (AvgIpc) is 2.60. The van der Waals surface area contributed by atoms with Crippen LogP contribution in [0.1, 0.15) is 23.1 Å². The molecule has 146 valence electrons. The van der Waals surface area contributed by atoms with Gasteiger partial charge < -0.3 is 10.0 Å². The summed E-state index contributed by atoms with van der Waals surface area (Å²) >= 11 is 0. The van der Waals surface area contributed by atoms with Crippen molar-refractivity contribution in [1.29, 1.82) is 0 Å². The predicted molar refractivity (Wildman–Crippen MR) is 88.3 cm³/mol. The summed E-state index contributed by atoms with van der Waals surface area (Å²) in [6.45, 7) is 1.10. The first-order valence-electron chi connectivity index (χ1n) is 8.32. The Labute approximate surface area is 152 Å². The van der Waals surface area contributed by atoms with Crippen molar-refractivity contribution in [2.75, 3.05) is 11.4 Å². The number of benzene rings is 2. The molecule has 0 unspecified atom stereocenters. The fraction of sp³-hybridized carbons (Fsp3) is 0.368. The smallest absolute Gasteiger partial charge is 0.369 e. The van der Waals surface area contributed by atoms with Crippen LogP contribution in [0.3, 0.4) is 0 Å². The van der Waals surface area contributed by atoms with Crippen LogP contribution in [-0.2, 0) is 18.6 Å². The normalized spacial score (nSPS) is 15.6. The molecule has 3 rings (SSSR count). The summed E-state index contributed by atoms with van der Waals surface area (Å²) in [5, 5.41) is 9.44. The largest absolute Gasteiger partial charge is 0.430 e. The first-order valence-corrected chi connectivity index (χ1v) is 8.32. The van der Waals surface area contributed by atoms with E-state index in [0.29, 0.717) is 24.2 Å². The van der Waals surface area contributed by atoms with Gasteiger partial charge in [0.15, 0.2) is 0 Å². The number of aliphatic hydroxyl groups is 1. The lowest BCUT2D eigenvalue weighted by molar-refractivity contribution is -0.376. The molecule has 27 heavy (non-hydrogen) atoms. The second-order valence-corrected chi connectivity index (χ2v) is 6.56. The maximum absolute atomic E-state index is 12.9. The van der Waals surface area contributed by atoms with E-state index in [1.165, 1.54) is 12.1 Å². The zero-order chi connectivity index (χ0) is 19.9. The van der Waals surface area contributed by atoms with Crippen LogP contribution in [0.4, 0.5) is 32.0 Å². The van der Waals surface area contributed by atoms with Crippen molar-refractivity contribution in [1.82, 2.24) is 0 Å². The number of rotatable bonds is 3. The lowest BCUT2D eigenvalue weighted by Gasteiger charge is -2.33. The molecular formula is C19H17F6NO. The van der Waals surface area contributed by atoms with Crippen LogP contribution in [0.2, 0.25) is 0 Å². The SMILES string of the molecule is OC(c1ccc(CN2CCCc3ccccc32)cc1)(C(F)(F)F)C(F)(F)F. The molecule has 0 saturated carbocycles. The van der Waals surface area contributed by atoms with Crippen molar-refractivity contribution in [3.8, 4) is 0 Å². The fourth-order valence-corrected chi connectivity index (χ4v) is 3.34. The second kappa shape index (κ2) is 6.74. The lowest BCUT2D eigenvalue weighted by Crippen LogP contribution is -2.53. The van der Waals surface area contributed by atoms with Crippen molar-refractivity contribution < 1.29 is 31.4 Å². The maximum atomic E-state index is 12.9. The van der Waals surface area contributed by atoms with Gasteiger partial charge in [0.25, 0.3) is 5.60 Å². The molecule has 0 atom stereocenters. The van der Waals surface area contributed by atoms with Gasteiger partial charge in [0.05, 0.1) is 0 Å². The molecule has 0 aromatic heterocycles. The Morgan fingerprint density at radius 3 is 2.04 bits per heavy atom. The van der Waals surface area contributed by atoms with Crippen LogP contribution >= 0.6 is 0 Å². The third-order valence-corrected chi connectivity index (χ3v) is 4.77. The van der Waals surface area contributed by atoms with E-state index in [-0.39, 0.29) is 0 Å². The Morgan fingerprint density at radius 2 is 1.44 bits per heavy atom. The predicted octanol–water partition coefficient (Wildman–Crippen LogP) is 4.95. The van der Waals surface area contributed by atoms with Crippen molar-refractivity contribution in [2.45, 2.75) is 37.3 Å². The van der Waals surface area contributed by atoms with Crippen molar-refractivity contribution in [3.63, 3.8) is 0 Å². The molecule has 0 fully saturated rings. The number of halogens is 6. The van der Waals surface area contributed by atoms with Crippen LogP contribution in [0.15, 0.2) is 48.5 Å². The second-order valence-electron chi connectivity index (χ2n) is 6.56. The summed E-state index contributed by atoms with van der Waals surface area (Å²) in [7, 11) is 0. The fourth-order valence-electron chi connectivity index (χ4n) is 3.34. The minimum Gasteiger partial charge on any atom is -0.369 e. The Kier molecular flexibility index (Phi) is 4.88. The van der Waals surface area contributed by atoms with E-state index in [4.69, 9.17) is 0 Å². The zero-order valence-corrected chi connectivity index (χ0v) is 14.1. The highest BCUT2D eigenvalue weighted by atomic mass is 19.4. The zero-order valence-electron chi connectivity index (χ0n) is 14.1. The van der Waals surface area contributed by atoms with Gasteiger partial charge in [0.2, 0.25) is 0 Å². The summed E-state index contributed by atoms with van der Waals surface area (Å²) in [5.74, 6) is 0. The lowest BCUT2D eigenvalue weighted by atomic mass is 9.91. The number of nitrogens with zero attached hydrogens (tertiary/aromatic N) is 1. The number of hydrogen-bond acceptors (Lipinski definition) is 2. The molecule has 8 heteroatoms. The van der Waals surface area contributed by atoms with Gasteiger partial charge in [-0.1, -0.05) is 42.5 Å². The molecular weight excluding hydrogens is 372 g/mol. The molecule has 1 aliphatic heterocycles. The molecule has 1 heterocycles. The van der Waals surface area contributed by atoms with Crippen LogP contribution < -0.4 is 4.90 Å². The van der Waals surface area contributed by atoms with Crippen LogP contribution in [0.25, 0.3) is 0 Å². The van der Waals surface area contributed by atoms with Gasteiger partial charge in [-0.3, -0.25) is 0 Å². The number of alkyl halides is 6. The molecule has 0 spiro atoms. The van der Waals surface area contributed by atoms with Gasteiger partial charge in [-0.05, 0) is 30.0 Å². The van der Waals surface area contributed by atoms with Gasteiger partial charge in [-0.2, -0.15) is 26.3 Å². The topological polar surface area (TPSA) is 23.5 Å². The van der Waals surface area contributed by atoms with Gasteiger partial charge in [0.1, 0.15) is 0 Å². The monoisotopic (exact) mass is 389 g/mol. The molecule has 0 amide bonds. The Bertz CT molecular complexity index is 783. The number of hydrogen-bond donors (Lipinski definition) is 1. The van der Waals surface area contributed by atoms with E-state index < -0.39 is 23.5 Å². The van der Waals surface area contributed by atoms with E-state index in [1.54, 1.807) is 0 Å². The first-order chi connectivity index (χ1) is 12.5. The minimum atomic E-state index is -5.88. The quantitative estimate of drug-likeness (QED) is 0.751. The number of anilines is 1. The summed E-state index contributed by atoms with van der Waals surface area (Å²) < 4.78 is 77.7. The minimum absolute atomic E-state index is 0.355. The third kappa shape index (κ3) is 3.50. The first kappa shape index (κ1) is 19.5. The van der Waals surface area contributed by atoms with Crippen molar-refractivity contribution in [3.05, 3.63) is 65.2 Å². The van der Waals surface area contributed by atoms with Crippen LogP contribution in [-0.4, -0.2) is 24.0 Å². The average molecular weight is 389 g/mol. The van der Waals surface area contributed by atoms with Crippen molar-refractivity contribution in [2.24, 2.45) is 0 Å². The molecule has 0 radical (unpaired) electrons. The third-order valence-electron chi connectivity index (χ3n) is 4.77. The van der Waals surface area contributed by atoms with Crippen molar-refractivity contribution >= 4 is 5.69 Å². The number of aryl methyl sites for hydroxylation is 1. The summed E-state index contributed by atoms with van der Waals surface area (Å²) in [6, 6.07) is 11.5. The van der Waals surface area contributed by atoms with Gasteiger partial charge in [-0.25, -0.2) is 0 Å². The molecule has 0 saturated heterocycles. The van der Waals surface area contributed by atoms with E-state index in [1.807, 2.05) is 29.2 Å². The van der Waals surface area contributed by atoms with Gasteiger partial charge >= 0.3 is 12.4 Å². The summed E-state index contributed by atoms with van der Waals surface area (Å²) in [4.78, 5) is 2.04. The van der Waals surface area contributed by atoms with E-state index >= 15 is 0 Å². The highest BCUT2D eigenvalue weighted by Crippen LogP contribution is 2.50. The Morgan fingerprint density at radius 1 is 0.852 bits per heavy atom. The highest BCUT2D eigenvalue weighted by Gasteiger charge is 2.71. The number of para-hydroxylation sites is 1. The molecule has 0 bridgehead atoms. The maximum Gasteiger partial charge on any atom is 0.430 e. The Hall–Kier alpha value is -2.22. The molecule has 1 N–H and O–H groups in total. The van der Waals surface area contributed by atoms with Gasteiger partial charge in [-0.15, -0.1) is 0 Å².